The van der Waals surface area contributed by atoms with Crippen LogP contribution in [0.4, 0.5) is 5.69 Å². The van der Waals surface area contributed by atoms with Crippen LogP contribution in [-0.2, 0) is 16.1 Å². The summed E-state index contributed by atoms with van der Waals surface area (Å²) in [4.78, 5) is 31.2. The third kappa shape index (κ3) is 7.14. The van der Waals surface area contributed by atoms with Crippen molar-refractivity contribution in [2.24, 2.45) is 17.4 Å². The lowest BCUT2D eigenvalue weighted by molar-refractivity contribution is -0.126. The molecule has 0 atom stereocenters. The molecule has 0 spiro atoms. The highest BCUT2D eigenvalue weighted by molar-refractivity contribution is 5.94. The van der Waals surface area contributed by atoms with Crippen LogP contribution in [0.5, 0.6) is 0 Å². The molecule has 230 valence electrons. The molecule has 0 bridgehead atoms. The molecule has 2 fully saturated rings. The fraction of sp³-hybridized carbons (Fsp3) is 0.324. The lowest BCUT2D eigenvalue weighted by atomic mass is 9.89. The zero-order valence-corrected chi connectivity index (χ0v) is 25.7. The molecular formula is C34H42N8O2. The molecule has 8 N–H and O–H groups in total. The molecule has 10 heteroatoms. The first-order valence-corrected chi connectivity index (χ1v) is 15.1. The molecule has 10 nitrogen and oxygen atoms in total. The fourth-order valence-corrected chi connectivity index (χ4v) is 5.33. The number of hydrogen-bond donors (Lipinski definition) is 6. The first-order valence-electron chi connectivity index (χ1n) is 15.1. The summed E-state index contributed by atoms with van der Waals surface area (Å²) in [5, 5.41) is 12.9. The standard InChI is InChI=1S/C34H42N8O2/c1-21-26(25-14-15-28(39-19-25)34(44)42(3)20-22-7-6-16-38-18-22)10-5-11-27(21)40-29(17-30(35)41-33(43)24-12-13-24)31(36)32(37-2)23-8-4-9-23/h5-7,10-11,14-18,24,37,39-40H,4,8-9,12-13,19-20,35-36H2,1-3H3,(H,41,43)/b30-17+,31-29+. The summed E-state index contributed by atoms with van der Waals surface area (Å²) in [6.07, 6.45) is 13.9. The molecule has 0 unspecified atom stereocenters. The molecular weight excluding hydrogens is 552 g/mol. The number of carbonyl (C=O) groups is 2. The molecule has 44 heavy (non-hydrogen) atoms. The van der Waals surface area contributed by atoms with Crippen LogP contribution in [0.3, 0.4) is 0 Å². The molecule has 2 heterocycles. The van der Waals surface area contributed by atoms with Crippen molar-refractivity contribution in [1.82, 2.24) is 25.8 Å². The van der Waals surface area contributed by atoms with Gasteiger partial charge in [0.25, 0.3) is 5.91 Å². The van der Waals surface area contributed by atoms with Crippen LogP contribution in [0.25, 0.3) is 5.57 Å². The minimum Gasteiger partial charge on any atom is -0.395 e. The highest BCUT2D eigenvalue weighted by Crippen LogP contribution is 2.32. The van der Waals surface area contributed by atoms with Crippen molar-refractivity contribution < 1.29 is 9.59 Å². The number of benzene rings is 1. The Bertz CT molecular complexity index is 1580. The number of aromatic nitrogens is 1. The Morgan fingerprint density at radius 3 is 2.55 bits per heavy atom. The van der Waals surface area contributed by atoms with E-state index in [2.05, 4.69) is 32.3 Å². The van der Waals surface area contributed by atoms with Gasteiger partial charge in [-0.2, -0.15) is 0 Å². The van der Waals surface area contributed by atoms with Crippen molar-refractivity contribution in [3.8, 4) is 0 Å². The minimum absolute atomic E-state index is 0.0346. The second-order valence-corrected chi connectivity index (χ2v) is 11.5. The Morgan fingerprint density at radius 1 is 1.14 bits per heavy atom. The van der Waals surface area contributed by atoms with Gasteiger partial charge in [0, 0.05) is 57.3 Å². The Kier molecular flexibility index (Phi) is 9.38. The van der Waals surface area contributed by atoms with E-state index in [0.717, 1.165) is 65.8 Å². The predicted octanol–water partition coefficient (Wildman–Crippen LogP) is 3.49. The van der Waals surface area contributed by atoms with E-state index in [9.17, 15) is 9.59 Å². The first-order chi connectivity index (χ1) is 21.2. The lowest BCUT2D eigenvalue weighted by Gasteiger charge is -2.25. The Balaban J connectivity index is 1.38. The minimum atomic E-state index is -0.0828. The van der Waals surface area contributed by atoms with E-state index < -0.39 is 0 Å². The number of rotatable bonds is 11. The predicted molar refractivity (Wildman–Crippen MR) is 174 cm³/mol. The number of nitrogens with one attached hydrogen (secondary N) is 4. The van der Waals surface area contributed by atoms with Crippen LogP contribution < -0.4 is 32.7 Å². The number of likely N-dealkylation sites (N-methyl/N-ethyl adjacent to an activating group) is 2. The van der Waals surface area contributed by atoms with Crippen LogP contribution in [0.1, 0.15) is 48.8 Å². The Morgan fingerprint density at radius 2 is 1.93 bits per heavy atom. The van der Waals surface area contributed by atoms with Crippen molar-refractivity contribution >= 4 is 23.1 Å². The fourth-order valence-electron chi connectivity index (χ4n) is 5.33. The summed E-state index contributed by atoms with van der Waals surface area (Å²) in [6, 6.07) is 9.85. The third-order valence-corrected chi connectivity index (χ3v) is 8.22. The Hall–Kier alpha value is -4.99. The summed E-state index contributed by atoms with van der Waals surface area (Å²) in [5.74, 6) is 0.130. The average Bonchev–Trinajstić information content (AvgIpc) is 3.85. The van der Waals surface area contributed by atoms with Gasteiger partial charge in [-0.1, -0.05) is 24.3 Å². The van der Waals surface area contributed by atoms with Crippen LogP contribution in [0.2, 0.25) is 0 Å². The number of anilines is 1. The van der Waals surface area contributed by atoms with Gasteiger partial charge in [0.2, 0.25) is 5.91 Å². The number of hydrogen-bond acceptors (Lipinski definition) is 8. The number of carbonyl (C=O) groups excluding carboxylic acids is 2. The van der Waals surface area contributed by atoms with Gasteiger partial charge < -0.3 is 37.6 Å². The van der Waals surface area contributed by atoms with Crippen molar-refractivity contribution in [1.29, 1.82) is 0 Å². The maximum absolute atomic E-state index is 13.1. The Labute approximate surface area is 259 Å². The smallest absolute Gasteiger partial charge is 0.269 e. The van der Waals surface area contributed by atoms with Gasteiger partial charge in [-0.05, 0) is 85.1 Å². The highest BCUT2D eigenvalue weighted by Gasteiger charge is 2.30. The van der Waals surface area contributed by atoms with Crippen LogP contribution in [-0.4, -0.2) is 42.3 Å². The number of nitrogens with two attached hydrogens (primary N) is 2. The number of nitrogens with zero attached hydrogens (tertiary/aromatic N) is 2. The van der Waals surface area contributed by atoms with Gasteiger partial charge in [-0.15, -0.1) is 0 Å². The largest absolute Gasteiger partial charge is 0.395 e. The summed E-state index contributed by atoms with van der Waals surface area (Å²) in [7, 11) is 3.65. The summed E-state index contributed by atoms with van der Waals surface area (Å²) < 4.78 is 0. The van der Waals surface area contributed by atoms with Gasteiger partial charge >= 0.3 is 0 Å². The molecule has 0 radical (unpaired) electrons. The highest BCUT2D eigenvalue weighted by atomic mass is 16.2. The summed E-state index contributed by atoms with van der Waals surface area (Å²) in [6.45, 7) is 3.02. The zero-order chi connectivity index (χ0) is 31.2. The van der Waals surface area contributed by atoms with Crippen LogP contribution >= 0.6 is 0 Å². The molecule has 2 saturated carbocycles. The van der Waals surface area contributed by atoms with Gasteiger partial charge in [-0.25, -0.2) is 0 Å². The molecule has 5 rings (SSSR count). The monoisotopic (exact) mass is 594 g/mol. The number of pyridine rings is 1. The molecule has 1 aromatic heterocycles. The van der Waals surface area contributed by atoms with Crippen molar-refractivity contribution in [2.45, 2.75) is 45.6 Å². The molecule has 3 aliphatic rings. The summed E-state index contributed by atoms with van der Waals surface area (Å²) >= 11 is 0. The van der Waals surface area contributed by atoms with Crippen LogP contribution in [0.15, 0.2) is 95.1 Å². The maximum atomic E-state index is 13.1. The molecule has 2 amide bonds. The van der Waals surface area contributed by atoms with E-state index in [1.807, 2.05) is 50.4 Å². The van der Waals surface area contributed by atoms with E-state index in [1.54, 1.807) is 30.4 Å². The van der Waals surface area contributed by atoms with E-state index in [4.69, 9.17) is 11.5 Å². The maximum Gasteiger partial charge on any atom is 0.269 e. The van der Waals surface area contributed by atoms with Gasteiger partial charge in [0.05, 0.1) is 17.1 Å². The number of dihydropyridines is 1. The van der Waals surface area contributed by atoms with Gasteiger partial charge in [0.15, 0.2) is 0 Å². The third-order valence-electron chi connectivity index (χ3n) is 8.22. The van der Waals surface area contributed by atoms with E-state index in [-0.39, 0.29) is 23.6 Å². The van der Waals surface area contributed by atoms with Gasteiger partial charge in [0.1, 0.15) is 11.5 Å². The van der Waals surface area contributed by atoms with E-state index in [0.29, 0.717) is 30.2 Å². The first kappa shape index (κ1) is 30.5. The SMILES string of the molecule is CNC(=C1CCC1)/C(N)=C(/C=C(\N)NC(=O)C1CC1)Nc1cccc(C2=CC=C(C(=O)N(C)Cc3cccnc3)NC2)c1C. The van der Waals surface area contributed by atoms with E-state index >= 15 is 0 Å². The van der Waals surface area contributed by atoms with Gasteiger partial charge in [-0.3, -0.25) is 14.6 Å². The zero-order valence-electron chi connectivity index (χ0n) is 25.7. The number of amides is 2. The summed E-state index contributed by atoms with van der Waals surface area (Å²) in [5.41, 5.74) is 21.8. The van der Waals surface area contributed by atoms with Crippen molar-refractivity contribution in [2.75, 3.05) is 26.0 Å². The molecule has 2 aromatic rings. The normalized spacial score (nSPS) is 16.8. The molecule has 1 aliphatic heterocycles. The van der Waals surface area contributed by atoms with Crippen molar-refractivity contribution in [3.05, 3.63) is 112 Å². The van der Waals surface area contributed by atoms with E-state index in [1.165, 1.54) is 5.57 Å². The molecule has 0 saturated heterocycles. The topological polar surface area (TPSA) is 150 Å². The molecule has 1 aromatic carbocycles. The second kappa shape index (κ2) is 13.5. The van der Waals surface area contributed by atoms with Crippen molar-refractivity contribution in [3.63, 3.8) is 0 Å². The number of allylic oxidation sites excluding steroid dienone is 4. The second-order valence-electron chi connectivity index (χ2n) is 11.5. The van der Waals surface area contributed by atoms with Crippen LogP contribution in [0, 0.1) is 12.8 Å². The quantitative estimate of drug-likeness (QED) is 0.217. The molecule has 2 aliphatic carbocycles. The average molecular weight is 595 g/mol. The lowest BCUT2D eigenvalue weighted by Crippen LogP contribution is -2.35.